The number of hydrogen-bond donors (Lipinski definition) is 3. The van der Waals surface area contributed by atoms with Crippen molar-refractivity contribution in [3.8, 4) is 5.75 Å². The number of primary amides is 1. The quantitative estimate of drug-likeness (QED) is 0.278. The van der Waals surface area contributed by atoms with E-state index in [2.05, 4.69) is 9.69 Å². The van der Waals surface area contributed by atoms with Gasteiger partial charge in [-0.3, -0.25) is 24.1 Å². The second-order valence-corrected chi connectivity index (χ2v) is 9.40. The van der Waals surface area contributed by atoms with Gasteiger partial charge in [0.1, 0.15) is 23.2 Å². The molecule has 2 aromatic carbocycles. The molecule has 1 aromatic heterocycles. The molecule has 40 heavy (non-hydrogen) atoms. The van der Waals surface area contributed by atoms with Gasteiger partial charge in [-0.2, -0.15) is 4.37 Å². The Morgan fingerprint density at radius 3 is 2.27 bits per heavy atom. The zero-order valence-corrected chi connectivity index (χ0v) is 23.5. The lowest BCUT2D eigenvalue weighted by atomic mass is 10.0. The summed E-state index contributed by atoms with van der Waals surface area (Å²) in [5, 5.41) is 2.57. The summed E-state index contributed by atoms with van der Waals surface area (Å²) >= 11 is 0.690. The summed E-state index contributed by atoms with van der Waals surface area (Å²) in [5.41, 5.74) is 12.6. The van der Waals surface area contributed by atoms with Crippen LogP contribution in [-0.2, 0) is 14.3 Å². The van der Waals surface area contributed by atoms with E-state index in [0.29, 0.717) is 22.8 Å². The molecule has 0 saturated carbocycles. The van der Waals surface area contributed by atoms with Gasteiger partial charge in [-0.15, -0.1) is 0 Å². The number of nitrogens with one attached hydrogen (secondary N) is 1. The van der Waals surface area contributed by atoms with Crippen LogP contribution in [0, 0.1) is 0 Å². The van der Waals surface area contributed by atoms with Gasteiger partial charge in [0.15, 0.2) is 5.69 Å². The Hall–Kier alpha value is -4.65. The summed E-state index contributed by atoms with van der Waals surface area (Å²) in [6, 6.07) is 12.4. The van der Waals surface area contributed by atoms with E-state index < -0.39 is 36.3 Å². The topological polar surface area (TPSA) is 170 Å². The van der Waals surface area contributed by atoms with Gasteiger partial charge >= 0.3 is 5.97 Å². The van der Waals surface area contributed by atoms with E-state index in [1.807, 2.05) is 19.0 Å². The molecule has 0 aliphatic rings. The minimum Gasteiger partial charge on any atom is -0.492 e. The maximum absolute atomic E-state index is 14.2. The number of nitrogens with zero attached hydrogens (tertiary/aromatic N) is 3. The van der Waals surface area contributed by atoms with Gasteiger partial charge < -0.3 is 31.2 Å². The standard InChI is InChI=1S/C27H32N6O6S/c1-5-38-19-10-8-7-9-18(19)33(27(37)24-21(28)22(25(29)35)31-40-24)23(26(36)30-15-20(34)39-6-2)16-11-13-17(14-12-16)32(3)4/h7-14,23H,5-6,15,28H2,1-4H3,(H2,29,35)(H,30,36). The lowest BCUT2D eigenvalue weighted by Crippen LogP contribution is -2.45. The van der Waals surface area contributed by atoms with Crippen LogP contribution in [0.5, 0.6) is 5.75 Å². The Bertz CT molecular complexity index is 1370. The first kappa shape index (κ1) is 29.9. The molecule has 1 heterocycles. The molecule has 0 fully saturated rings. The fourth-order valence-electron chi connectivity index (χ4n) is 3.88. The first-order valence-electron chi connectivity index (χ1n) is 12.4. The number of hydrogen-bond acceptors (Lipinski definition) is 10. The molecule has 0 aliphatic carbocycles. The Morgan fingerprint density at radius 1 is 1.02 bits per heavy atom. The summed E-state index contributed by atoms with van der Waals surface area (Å²) in [7, 11) is 3.74. The van der Waals surface area contributed by atoms with E-state index in [4.69, 9.17) is 20.9 Å². The van der Waals surface area contributed by atoms with Crippen molar-refractivity contribution in [2.45, 2.75) is 19.9 Å². The van der Waals surface area contributed by atoms with E-state index in [0.717, 1.165) is 5.69 Å². The van der Waals surface area contributed by atoms with Crippen molar-refractivity contribution in [2.75, 3.05) is 49.4 Å². The van der Waals surface area contributed by atoms with E-state index in [1.165, 1.54) is 4.90 Å². The van der Waals surface area contributed by atoms with Crippen LogP contribution >= 0.6 is 11.5 Å². The average Bonchev–Trinajstić information content (AvgIpc) is 3.32. The number of amides is 3. The van der Waals surface area contributed by atoms with Crippen molar-refractivity contribution in [3.63, 3.8) is 0 Å². The van der Waals surface area contributed by atoms with E-state index in [9.17, 15) is 19.2 Å². The predicted octanol–water partition coefficient (Wildman–Crippen LogP) is 2.36. The van der Waals surface area contributed by atoms with Crippen LogP contribution in [-0.4, -0.2) is 61.9 Å². The number of nitrogen functional groups attached to an aromatic ring is 1. The Kier molecular flexibility index (Phi) is 10.0. The summed E-state index contributed by atoms with van der Waals surface area (Å²) in [4.78, 5) is 54.9. The number of carbonyl (C=O) groups excluding carboxylic acids is 4. The van der Waals surface area contributed by atoms with E-state index in [-0.39, 0.29) is 35.2 Å². The third kappa shape index (κ3) is 6.67. The number of aromatic nitrogens is 1. The molecule has 0 bridgehead atoms. The molecule has 0 aliphatic heterocycles. The molecule has 12 nitrogen and oxygen atoms in total. The molecular weight excluding hydrogens is 536 g/mol. The van der Waals surface area contributed by atoms with Gasteiger partial charge in [0.05, 0.1) is 24.6 Å². The number of benzene rings is 2. The highest BCUT2D eigenvalue weighted by Gasteiger charge is 2.37. The Balaban J connectivity index is 2.23. The number of anilines is 3. The number of rotatable bonds is 12. The van der Waals surface area contributed by atoms with Crippen LogP contribution in [0.2, 0.25) is 0 Å². The molecule has 13 heteroatoms. The zero-order valence-electron chi connectivity index (χ0n) is 22.7. The molecule has 0 radical (unpaired) electrons. The molecule has 3 amide bonds. The first-order valence-corrected chi connectivity index (χ1v) is 13.2. The van der Waals surface area contributed by atoms with E-state index >= 15 is 0 Å². The van der Waals surface area contributed by atoms with E-state index in [1.54, 1.807) is 62.4 Å². The highest BCUT2D eigenvalue weighted by Crippen LogP contribution is 2.38. The molecule has 5 N–H and O–H groups in total. The van der Waals surface area contributed by atoms with Gasteiger partial charge in [0, 0.05) is 19.8 Å². The summed E-state index contributed by atoms with van der Waals surface area (Å²) in [6.07, 6.45) is 0. The molecule has 212 valence electrons. The smallest absolute Gasteiger partial charge is 0.325 e. The second kappa shape index (κ2) is 13.4. The monoisotopic (exact) mass is 568 g/mol. The van der Waals surface area contributed by atoms with Crippen LogP contribution in [0.15, 0.2) is 48.5 Å². The van der Waals surface area contributed by atoms with Gasteiger partial charge in [-0.25, -0.2) is 0 Å². The molecule has 3 rings (SSSR count). The normalized spacial score (nSPS) is 11.3. The van der Waals surface area contributed by atoms with Crippen LogP contribution in [0.1, 0.15) is 45.6 Å². The highest BCUT2D eigenvalue weighted by molar-refractivity contribution is 7.09. The number of nitrogens with two attached hydrogens (primary N) is 2. The molecule has 3 aromatic rings. The van der Waals surface area contributed by atoms with Gasteiger partial charge in [0.2, 0.25) is 5.91 Å². The maximum atomic E-state index is 14.2. The Labute approximate surface area is 236 Å². The highest BCUT2D eigenvalue weighted by atomic mass is 32.1. The predicted molar refractivity (Wildman–Crippen MR) is 153 cm³/mol. The first-order chi connectivity index (χ1) is 19.1. The molecule has 0 saturated heterocycles. The molecular formula is C27H32N6O6S. The number of para-hydroxylation sites is 2. The molecule has 0 spiro atoms. The number of ether oxygens (including phenoxy) is 2. The average molecular weight is 569 g/mol. The lowest BCUT2D eigenvalue weighted by Gasteiger charge is -2.32. The van der Waals surface area contributed by atoms with Crippen molar-refractivity contribution in [1.29, 1.82) is 0 Å². The summed E-state index contributed by atoms with van der Waals surface area (Å²) in [5.74, 6) is -2.59. The molecule has 1 atom stereocenters. The van der Waals surface area contributed by atoms with Gasteiger partial charge in [-0.05, 0) is 55.2 Å². The summed E-state index contributed by atoms with van der Waals surface area (Å²) in [6.45, 7) is 3.45. The van der Waals surface area contributed by atoms with Crippen molar-refractivity contribution >= 4 is 52.3 Å². The zero-order chi connectivity index (χ0) is 29.4. The second-order valence-electron chi connectivity index (χ2n) is 8.63. The number of carbonyl (C=O) groups is 4. The fourth-order valence-corrected chi connectivity index (χ4v) is 4.62. The lowest BCUT2D eigenvalue weighted by molar-refractivity contribution is -0.143. The third-order valence-electron chi connectivity index (χ3n) is 5.74. The van der Waals surface area contributed by atoms with Crippen LogP contribution in [0.3, 0.4) is 0 Å². The minimum atomic E-state index is -1.29. The van der Waals surface area contributed by atoms with Crippen molar-refractivity contribution < 1.29 is 28.7 Å². The van der Waals surface area contributed by atoms with Crippen molar-refractivity contribution in [2.24, 2.45) is 5.73 Å². The van der Waals surface area contributed by atoms with Crippen molar-refractivity contribution in [1.82, 2.24) is 9.69 Å². The maximum Gasteiger partial charge on any atom is 0.325 e. The number of esters is 1. The van der Waals surface area contributed by atoms with Crippen LogP contribution < -0.4 is 31.3 Å². The third-order valence-corrected chi connectivity index (χ3v) is 6.59. The Morgan fingerprint density at radius 2 is 1.70 bits per heavy atom. The van der Waals surface area contributed by atoms with Crippen molar-refractivity contribution in [3.05, 3.63) is 64.7 Å². The molecule has 1 unspecified atom stereocenters. The van der Waals surface area contributed by atoms with Crippen LogP contribution in [0.25, 0.3) is 0 Å². The minimum absolute atomic E-state index is 0.0896. The fraction of sp³-hybridized carbons (Fsp3) is 0.296. The van der Waals surface area contributed by atoms with Gasteiger partial charge in [0.25, 0.3) is 11.8 Å². The largest absolute Gasteiger partial charge is 0.492 e. The van der Waals surface area contributed by atoms with Gasteiger partial charge in [-0.1, -0.05) is 24.3 Å². The van der Waals surface area contributed by atoms with Crippen LogP contribution in [0.4, 0.5) is 17.1 Å². The SMILES string of the molecule is CCOC(=O)CNC(=O)C(c1ccc(N(C)C)cc1)N(C(=O)c1snc(C(N)=O)c1N)c1ccccc1OCC. The summed E-state index contributed by atoms with van der Waals surface area (Å²) < 4.78 is 14.7.